The smallest absolute Gasteiger partial charge is 0.390 e. The number of benzene rings is 2. The molecule has 1 fully saturated rings. The highest BCUT2D eigenvalue weighted by molar-refractivity contribution is 14.1. The van der Waals surface area contributed by atoms with Crippen LogP contribution in [0.2, 0.25) is 0 Å². The largest absolute Gasteiger partial charge is 0.489 e. The first kappa shape index (κ1) is 30.2. The van der Waals surface area contributed by atoms with Gasteiger partial charge in [0.2, 0.25) is 11.8 Å². The van der Waals surface area contributed by atoms with Crippen molar-refractivity contribution in [3.05, 3.63) is 64.7 Å². The highest BCUT2D eigenvalue weighted by Crippen LogP contribution is 2.34. The fourth-order valence-electron chi connectivity index (χ4n) is 4.69. The Morgan fingerprint density at radius 3 is 2.30 bits per heavy atom. The summed E-state index contributed by atoms with van der Waals surface area (Å²) in [6.45, 7) is -0.157. The zero-order valence-corrected chi connectivity index (χ0v) is 23.4. The Labute approximate surface area is 241 Å². The second-order valence-corrected chi connectivity index (χ2v) is 11.4. The van der Waals surface area contributed by atoms with E-state index in [9.17, 15) is 36.3 Å². The molecule has 3 amide bonds. The quantitative estimate of drug-likeness (QED) is 0.153. The van der Waals surface area contributed by atoms with Crippen molar-refractivity contribution in [2.45, 2.75) is 61.5 Å². The van der Waals surface area contributed by atoms with Crippen LogP contribution in [0.1, 0.15) is 52.7 Å². The van der Waals surface area contributed by atoms with Gasteiger partial charge >= 0.3 is 6.18 Å². The summed E-state index contributed by atoms with van der Waals surface area (Å²) < 4.78 is 67.7. The fraction of sp³-hybridized carbons (Fsp3) is 0.444. The van der Waals surface area contributed by atoms with E-state index in [2.05, 4.69) is 5.32 Å². The van der Waals surface area contributed by atoms with Gasteiger partial charge in [0.25, 0.3) is 9.84 Å². The number of amides is 3. The molecular formula is C27H27F5IN3O4. The highest BCUT2D eigenvalue weighted by Gasteiger charge is 2.40. The van der Waals surface area contributed by atoms with Crippen LogP contribution in [0.5, 0.6) is 5.75 Å². The second kappa shape index (κ2) is 12.4. The minimum Gasteiger partial charge on any atom is -0.489 e. The van der Waals surface area contributed by atoms with Crippen LogP contribution in [0.4, 0.5) is 22.0 Å². The van der Waals surface area contributed by atoms with Gasteiger partial charge in [-0.25, -0.2) is 0 Å². The average molecular weight is 679 g/mol. The van der Waals surface area contributed by atoms with Gasteiger partial charge in [-0.3, -0.25) is 24.6 Å². The molecule has 2 aliphatic rings. The molecule has 1 N–H and O–H groups in total. The molecule has 0 radical (unpaired) electrons. The Balaban J connectivity index is 1.37. The first-order valence-electron chi connectivity index (χ1n) is 12.6. The van der Waals surface area contributed by atoms with Crippen LogP contribution < -0.4 is 10.1 Å². The van der Waals surface area contributed by atoms with Crippen molar-refractivity contribution < 1.29 is 41.1 Å². The number of nitrogens with zero attached hydrogens (tertiary/aromatic N) is 2. The van der Waals surface area contributed by atoms with E-state index in [0.717, 1.165) is 28.2 Å². The van der Waals surface area contributed by atoms with Gasteiger partial charge in [0.15, 0.2) is 0 Å². The van der Waals surface area contributed by atoms with Gasteiger partial charge < -0.3 is 9.64 Å². The Morgan fingerprint density at radius 1 is 0.975 bits per heavy atom. The molecule has 0 bridgehead atoms. The maximum atomic E-state index is 13.3. The Bertz CT molecular complexity index is 1230. The van der Waals surface area contributed by atoms with E-state index >= 15 is 0 Å². The molecule has 13 heteroatoms. The standard InChI is InChI=1S/C27H27F5IN3O4/c28-26(29,30)10-12-35(13-11-27(31,32)33)14-17-4-6-18(7-5-17)16-40-22-3-1-2-19-20(22)15-36(25(19)39)21-8-9-23(37)34-24(21)38/h1-7,21H,8-16H2,(H,34,37,38). The summed E-state index contributed by atoms with van der Waals surface area (Å²) in [5.74, 6) is -0.700. The monoisotopic (exact) mass is 679 g/mol. The maximum absolute atomic E-state index is 13.3. The Hall–Kier alpha value is -2.81. The molecule has 1 atom stereocenters. The normalized spacial score (nSPS) is 17.8. The van der Waals surface area contributed by atoms with Gasteiger partial charge in [-0.15, -0.1) is 0 Å². The second-order valence-electron chi connectivity index (χ2n) is 9.79. The molecule has 216 valence electrons. The summed E-state index contributed by atoms with van der Waals surface area (Å²) in [6.07, 6.45) is -5.62. The zero-order chi connectivity index (χ0) is 29.1. The lowest BCUT2D eigenvalue weighted by Gasteiger charge is -2.29. The van der Waals surface area contributed by atoms with Crippen molar-refractivity contribution in [1.82, 2.24) is 15.1 Å². The molecule has 7 nitrogen and oxygen atoms in total. The van der Waals surface area contributed by atoms with E-state index in [-0.39, 0.29) is 57.4 Å². The number of halogens is 6. The summed E-state index contributed by atoms with van der Waals surface area (Å²) in [6, 6.07) is 11.2. The van der Waals surface area contributed by atoms with E-state index in [1.165, 1.54) is 9.80 Å². The van der Waals surface area contributed by atoms with Crippen LogP contribution in [0, 0.1) is 0 Å². The number of hydrogen-bond donors (Lipinski definition) is 1. The highest BCUT2D eigenvalue weighted by atomic mass is 127. The molecule has 1 saturated heterocycles. The minimum atomic E-state index is -4.38. The van der Waals surface area contributed by atoms with Gasteiger partial charge in [-0.05, 0) is 52.3 Å². The van der Waals surface area contributed by atoms with Crippen molar-refractivity contribution >= 4 is 40.3 Å². The molecule has 0 aromatic heterocycles. The average Bonchev–Trinajstić information content (AvgIpc) is 3.21. The lowest BCUT2D eigenvalue weighted by Crippen LogP contribution is -2.52. The van der Waals surface area contributed by atoms with Crippen molar-refractivity contribution in [1.29, 1.82) is 0 Å². The number of carbonyl (C=O) groups is 3. The number of piperidine rings is 1. The number of nitrogens with one attached hydrogen (secondary N) is 1. The summed E-state index contributed by atoms with van der Waals surface area (Å²) >= 11 is 0.982. The minimum absolute atomic E-state index is 0.0917. The van der Waals surface area contributed by atoms with E-state index in [1.54, 1.807) is 42.5 Å². The number of carbonyl (C=O) groups excluding carboxylic acids is 3. The lowest BCUT2D eigenvalue weighted by molar-refractivity contribution is -0.139. The maximum Gasteiger partial charge on any atom is 0.390 e. The summed E-state index contributed by atoms with van der Waals surface area (Å²) in [7, 11) is 0. The van der Waals surface area contributed by atoms with E-state index < -0.39 is 34.9 Å². The van der Waals surface area contributed by atoms with Crippen molar-refractivity contribution in [3.63, 3.8) is 0 Å². The molecule has 2 aromatic carbocycles. The number of alkyl halides is 6. The third kappa shape index (κ3) is 8.12. The molecule has 2 heterocycles. The molecule has 40 heavy (non-hydrogen) atoms. The van der Waals surface area contributed by atoms with Crippen molar-refractivity contribution in [3.8, 4) is 5.75 Å². The Kier molecular flexibility index (Phi) is 9.33. The predicted octanol–water partition coefficient (Wildman–Crippen LogP) is 5.20. The van der Waals surface area contributed by atoms with Crippen LogP contribution in [-0.4, -0.2) is 56.8 Å². The van der Waals surface area contributed by atoms with E-state index in [4.69, 9.17) is 4.74 Å². The number of fused-ring (bicyclic) bond motifs is 1. The number of imide groups is 1. The van der Waals surface area contributed by atoms with Gasteiger partial charge in [-0.2, -0.15) is 22.0 Å². The third-order valence-electron chi connectivity index (χ3n) is 6.79. The van der Waals surface area contributed by atoms with Crippen LogP contribution in [0.15, 0.2) is 42.5 Å². The summed E-state index contributed by atoms with van der Waals surface area (Å²) in [5.41, 5.74) is 2.50. The number of hydrogen-bond acceptors (Lipinski definition) is 5. The first-order chi connectivity index (χ1) is 18.8. The molecule has 0 spiro atoms. The lowest BCUT2D eigenvalue weighted by atomic mass is 10.0. The number of ether oxygens (including phenoxy) is 1. The van der Waals surface area contributed by atoms with Crippen LogP contribution in [-0.2, 0) is 29.3 Å². The molecule has 2 aromatic rings. The van der Waals surface area contributed by atoms with Crippen LogP contribution >= 0.6 is 22.6 Å². The fourth-order valence-corrected chi connectivity index (χ4v) is 4.93. The van der Waals surface area contributed by atoms with Gasteiger partial charge in [0, 0.05) is 43.6 Å². The SMILES string of the molecule is O=C1CCC(N2Cc3c(OCc4ccc(CN(CCC(F)(F)F)CCC(F)(F)I)cc4)cccc3C2=O)C(=O)N1. The molecular weight excluding hydrogens is 652 g/mol. The van der Waals surface area contributed by atoms with Gasteiger partial charge in [0.05, 0.1) is 13.0 Å². The van der Waals surface area contributed by atoms with Crippen molar-refractivity contribution in [2.24, 2.45) is 0 Å². The summed E-state index contributed by atoms with van der Waals surface area (Å²) in [4.78, 5) is 39.6. The van der Waals surface area contributed by atoms with Crippen molar-refractivity contribution in [2.75, 3.05) is 13.1 Å². The van der Waals surface area contributed by atoms with E-state index in [1.807, 2.05) is 0 Å². The molecule has 4 rings (SSSR count). The third-order valence-corrected chi connectivity index (χ3v) is 7.32. The summed E-state index contributed by atoms with van der Waals surface area (Å²) in [5, 5.41) is 2.27. The van der Waals surface area contributed by atoms with Crippen LogP contribution in [0.3, 0.4) is 0 Å². The molecule has 0 saturated carbocycles. The topological polar surface area (TPSA) is 79.0 Å². The Morgan fingerprint density at radius 2 is 1.65 bits per heavy atom. The van der Waals surface area contributed by atoms with E-state index in [0.29, 0.717) is 22.4 Å². The van der Waals surface area contributed by atoms with Gasteiger partial charge in [0.1, 0.15) is 18.4 Å². The molecule has 1 unspecified atom stereocenters. The number of rotatable bonds is 11. The molecule has 2 aliphatic heterocycles. The van der Waals surface area contributed by atoms with Crippen LogP contribution in [0.25, 0.3) is 0 Å². The predicted molar refractivity (Wildman–Crippen MR) is 143 cm³/mol. The molecule has 0 aliphatic carbocycles. The zero-order valence-electron chi connectivity index (χ0n) is 21.3. The first-order valence-corrected chi connectivity index (χ1v) is 13.7. The van der Waals surface area contributed by atoms with Gasteiger partial charge in [-0.1, -0.05) is 30.3 Å².